The number of anilines is 1. The number of pyridine rings is 1. The number of hydrogen-bond donors (Lipinski definition) is 1. The fraction of sp³-hybridized carbons (Fsp3) is 0.500. The Morgan fingerprint density at radius 3 is 3.00 bits per heavy atom. The summed E-state index contributed by atoms with van der Waals surface area (Å²) in [4.78, 5) is 11.4. The van der Waals surface area contributed by atoms with Gasteiger partial charge < -0.3 is 9.88 Å². The lowest BCUT2D eigenvalue weighted by atomic mass is 9.94. The number of rotatable bonds is 4. The van der Waals surface area contributed by atoms with E-state index in [0.717, 1.165) is 24.7 Å². The van der Waals surface area contributed by atoms with Gasteiger partial charge >= 0.3 is 0 Å². The van der Waals surface area contributed by atoms with Crippen LogP contribution in [0.15, 0.2) is 35.3 Å². The Morgan fingerprint density at radius 1 is 1.41 bits per heavy atom. The van der Waals surface area contributed by atoms with Crippen LogP contribution >= 0.6 is 0 Å². The number of nitrogens with zero attached hydrogens (tertiary/aromatic N) is 1. The second kappa shape index (κ2) is 5.71. The largest absolute Gasteiger partial charge is 0.384 e. The third-order valence-electron chi connectivity index (χ3n) is 3.30. The standard InChI is InChI=1S/C14H20N2O/c1-2-16-11-13(8-9-14(16)17)15-10-12-6-4-3-5-7-12/h3-4,8-9,11-12,15H,2,5-7,10H2,1H3. The molecule has 0 radical (unpaired) electrons. The summed E-state index contributed by atoms with van der Waals surface area (Å²) in [6.45, 7) is 3.70. The highest BCUT2D eigenvalue weighted by molar-refractivity contribution is 5.40. The Bertz CT molecular complexity index is 448. The van der Waals surface area contributed by atoms with Crippen LogP contribution in [-0.4, -0.2) is 11.1 Å². The summed E-state index contributed by atoms with van der Waals surface area (Å²) < 4.78 is 1.73. The molecule has 3 nitrogen and oxygen atoms in total. The summed E-state index contributed by atoms with van der Waals surface area (Å²) in [6.07, 6.45) is 10.1. The fourth-order valence-electron chi connectivity index (χ4n) is 2.19. The molecule has 3 heteroatoms. The molecule has 0 saturated heterocycles. The second-order valence-electron chi connectivity index (χ2n) is 4.57. The zero-order chi connectivity index (χ0) is 12.1. The first kappa shape index (κ1) is 12.0. The molecule has 1 heterocycles. The summed E-state index contributed by atoms with van der Waals surface area (Å²) in [7, 11) is 0. The number of aryl methyl sites for hydroxylation is 1. The molecule has 92 valence electrons. The third-order valence-corrected chi connectivity index (χ3v) is 3.30. The van der Waals surface area contributed by atoms with Gasteiger partial charge in [0.05, 0.1) is 5.69 Å². The minimum atomic E-state index is 0.0682. The van der Waals surface area contributed by atoms with Crippen LogP contribution in [0, 0.1) is 5.92 Å². The lowest BCUT2D eigenvalue weighted by Gasteiger charge is -2.19. The van der Waals surface area contributed by atoms with E-state index in [2.05, 4.69) is 17.5 Å². The molecule has 17 heavy (non-hydrogen) atoms. The fourth-order valence-corrected chi connectivity index (χ4v) is 2.19. The number of nitrogens with one attached hydrogen (secondary N) is 1. The maximum atomic E-state index is 11.4. The second-order valence-corrected chi connectivity index (χ2v) is 4.57. The van der Waals surface area contributed by atoms with Gasteiger partial charge in [-0.05, 0) is 38.2 Å². The summed E-state index contributed by atoms with van der Waals surface area (Å²) in [5.74, 6) is 0.724. The molecule has 1 N–H and O–H groups in total. The minimum Gasteiger partial charge on any atom is -0.384 e. The van der Waals surface area contributed by atoms with Gasteiger partial charge in [0.1, 0.15) is 0 Å². The van der Waals surface area contributed by atoms with Crippen molar-refractivity contribution in [1.82, 2.24) is 4.57 Å². The number of allylic oxidation sites excluding steroid dienone is 2. The van der Waals surface area contributed by atoms with Gasteiger partial charge in [0.25, 0.3) is 5.56 Å². The first-order valence-electron chi connectivity index (χ1n) is 6.39. The van der Waals surface area contributed by atoms with Crippen molar-refractivity contribution in [2.75, 3.05) is 11.9 Å². The van der Waals surface area contributed by atoms with Crippen molar-refractivity contribution in [3.05, 3.63) is 40.8 Å². The van der Waals surface area contributed by atoms with E-state index in [0.29, 0.717) is 0 Å². The van der Waals surface area contributed by atoms with Crippen molar-refractivity contribution in [2.24, 2.45) is 5.92 Å². The van der Waals surface area contributed by atoms with Crippen LogP contribution in [0.2, 0.25) is 0 Å². The Labute approximate surface area is 102 Å². The molecule has 1 aromatic heterocycles. The summed E-state index contributed by atoms with van der Waals surface area (Å²) in [5, 5.41) is 3.42. The average Bonchev–Trinajstić information content (AvgIpc) is 2.39. The maximum Gasteiger partial charge on any atom is 0.250 e. The van der Waals surface area contributed by atoms with Crippen LogP contribution in [-0.2, 0) is 6.54 Å². The van der Waals surface area contributed by atoms with Crippen LogP contribution in [0.4, 0.5) is 5.69 Å². The third kappa shape index (κ3) is 3.22. The lowest BCUT2D eigenvalue weighted by Crippen LogP contribution is -2.20. The smallest absolute Gasteiger partial charge is 0.250 e. The summed E-state index contributed by atoms with van der Waals surface area (Å²) in [6, 6.07) is 3.50. The predicted molar refractivity (Wildman–Crippen MR) is 71.3 cm³/mol. The van der Waals surface area contributed by atoms with E-state index in [4.69, 9.17) is 0 Å². The van der Waals surface area contributed by atoms with Gasteiger partial charge in [0.2, 0.25) is 0 Å². The maximum absolute atomic E-state index is 11.4. The Hall–Kier alpha value is -1.51. The normalized spacial score (nSPS) is 19.2. The van der Waals surface area contributed by atoms with Gasteiger partial charge in [-0.15, -0.1) is 0 Å². The Balaban J connectivity index is 1.94. The SMILES string of the molecule is CCn1cc(NCC2CC=CCC2)ccc1=O. The Morgan fingerprint density at radius 2 is 2.29 bits per heavy atom. The van der Waals surface area contributed by atoms with Gasteiger partial charge in [-0.1, -0.05) is 12.2 Å². The first-order chi connectivity index (χ1) is 8.29. The monoisotopic (exact) mass is 232 g/mol. The quantitative estimate of drug-likeness (QED) is 0.810. The van der Waals surface area contributed by atoms with Crippen LogP contribution in [0.3, 0.4) is 0 Å². The molecule has 1 aromatic rings. The molecule has 0 fully saturated rings. The highest BCUT2D eigenvalue weighted by Crippen LogP contribution is 2.18. The molecular formula is C14H20N2O. The molecule has 0 saturated carbocycles. The van der Waals surface area contributed by atoms with Gasteiger partial charge in [-0.2, -0.15) is 0 Å². The summed E-state index contributed by atoms with van der Waals surface area (Å²) >= 11 is 0. The predicted octanol–water partition coefficient (Wildman–Crippen LogP) is 2.64. The molecule has 1 aliphatic carbocycles. The van der Waals surface area contributed by atoms with Crippen LogP contribution in [0.1, 0.15) is 26.2 Å². The minimum absolute atomic E-state index is 0.0682. The van der Waals surface area contributed by atoms with E-state index in [9.17, 15) is 4.79 Å². The van der Waals surface area contributed by atoms with Crippen molar-refractivity contribution in [2.45, 2.75) is 32.7 Å². The van der Waals surface area contributed by atoms with Gasteiger partial charge in [0.15, 0.2) is 0 Å². The number of hydrogen-bond acceptors (Lipinski definition) is 2. The average molecular weight is 232 g/mol. The highest BCUT2D eigenvalue weighted by atomic mass is 16.1. The van der Waals surface area contributed by atoms with Crippen molar-refractivity contribution < 1.29 is 0 Å². The zero-order valence-electron chi connectivity index (χ0n) is 10.4. The van der Waals surface area contributed by atoms with Crippen LogP contribution in [0.5, 0.6) is 0 Å². The van der Waals surface area contributed by atoms with E-state index in [-0.39, 0.29) is 5.56 Å². The molecular weight excluding hydrogens is 212 g/mol. The molecule has 1 unspecified atom stereocenters. The van der Waals surface area contributed by atoms with Crippen LogP contribution < -0.4 is 10.9 Å². The summed E-state index contributed by atoms with van der Waals surface area (Å²) in [5.41, 5.74) is 1.11. The van der Waals surface area contributed by atoms with E-state index in [1.54, 1.807) is 10.6 Å². The zero-order valence-corrected chi connectivity index (χ0v) is 10.4. The number of aromatic nitrogens is 1. The Kier molecular flexibility index (Phi) is 4.02. The molecule has 1 aliphatic rings. The van der Waals surface area contributed by atoms with Crippen molar-refractivity contribution in [3.8, 4) is 0 Å². The van der Waals surface area contributed by atoms with Crippen molar-refractivity contribution >= 4 is 5.69 Å². The van der Waals surface area contributed by atoms with E-state index in [1.165, 1.54) is 19.3 Å². The molecule has 2 rings (SSSR count). The molecule has 0 bridgehead atoms. The van der Waals surface area contributed by atoms with Crippen LogP contribution in [0.25, 0.3) is 0 Å². The highest BCUT2D eigenvalue weighted by Gasteiger charge is 2.09. The van der Waals surface area contributed by atoms with Gasteiger partial charge in [0, 0.05) is 25.4 Å². The topological polar surface area (TPSA) is 34.0 Å². The first-order valence-corrected chi connectivity index (χ1v) is 6.39. The molecule has 0 aliphatic heterocycles. The lowest BCUT2D eigenvalue weighted by molar-refractivity contribution is 0.504. The van der Waals surface area contributed by atoms with Gasteiger partial charge in [-0.25, -0.2) is 0 Å². The van der Waals surface area contributed by atoms with Crippen molar-refractivity contribution in [3.63, 3.8) is 0 Å². The molecule has 0 amide bonds. The molecule has 1 atom stereocenters. The molecule has 0 aromatic carbocycles. The van der Waals surface area contributed by atoms with Crippen molar-refractivity contribution in [1.29, 1.82) is 0 Å². The van der Waals surface area contributed by atoms with E-state index < -0.39 is 0 Å². The van der Waals surface area contributed by atoms with E-state index in [1.807, 2.05) is 19.2 Å². The van der Waals surface area contributed by atoms with Gasteiger partial charge in [-0.3, -0.25) is 4.79 Å². The van der Waals surface area contributed by atoms with E-state index >= 15 is 0 Å². The molecule has 0 spiro atoms.